The van der Waals surface area contributed by atoms with E-state index in [0.717, 1.165) is 29.7 Å². The van der Waals surface area contributed by atoms with Crippen molar-refractivity contribution in [3.05, 3.63) is 35.9 Å². The fourth-order valence-electron chi connectivity index (χ4n) is 4.48. The number of nitrogens with zero attached hydrogens (tertiary/aromatic N) is 3. The van der Waals surface area contributed by atoms with Gasteiger partial charge in [-0.25, -0.2) is 14.6 Å². The molecule has 0 spiro atoms. The van der Waals surface area contributed by atoms with Gasteiger partial charge in [0, 0.05) is 19.6 Å². The number of likely N-dealkylation sites (tertiary alicyclic amines) is 1. The van der Waals surface area contributed by atoms with Crippen molar-refractivity contribution >= 4 is 23.8 Å². The lowest BCUT2D eigenvalue weighted by Crippen LogP contribution is -2.58. The standard InChI is InChI=1S/C26H38N4O5/c1-18(2)15-21(23(32)24-27-29(17-19(3)4)26(34)35-24)30(25(33)28-13-9-6-10-14-28)22(31)16-20-11-7-5-8-12-20/h5,7-8,11-12,18-19,21,24,27H,6,9-10,13-17H2,1-4H3. The molecule has 9 heteroatoms. The van der Waals surface area contributed by atoms with E-state index in [1.165, 1.54) is 5.01 Å². The van der Waals surface area contributed by atoms with Gasteiger partial charge in [-0.2, -0.15) is 5.43 Å². The number of ether oxygens (including phenoxy) is 1. The lowest BCUT2D eigenvalue weighted by Gasteiger charge is -2.36. The summed E-state index contributed by atoms with van der Waals surface area (Å²) in [4.78, 5) is 56.1. The van der Waals surface area contributed by atoms with Gasteiger partial charge in [-0.1, -0.05) is 58.0 Å². The third-order valence-electron chi connectivity index (χ3n) is 6.15. The zero-order valence-electron chi connectivity index (χ0n) is 21.2. The van der Waals surface area contributed by atoms with Crippen molar-refractivity contribution in [3.63, 3.8) is 0 Å². The van der Waals surface area contributed by atoms with E-state index in [1.54, 1.807) is 4.90 Å². The molecule has 3 rings (SSSR count). The van der Waals surface area contributed by atoms with E-state index in [1.807, 2.05) is 58.0 Å². The van der Waals surface area contributed by atoms with Gasteiger partial charge in [0.05, 0.1) is 6.42 Å². The topological polar surface area (TPSA) is 99.3 Å². The van der Waals surface area contributed by atoms with Crippen molar-refractivity contribution in [1.29, 1.82) is 0 Å². The van der Waals surface area contributed by atoms with Crippen LogP contribution in [0.4, 0.5) is 9.59 Å². The predicted octanol–water partition coefficient (Wildman–Crippen LogP) is 3.59. The Labute approximate surface area is 207 Å². The number of amides is 4. The second-order valence-corrected chi connectivity index (χ2v) is 10.2. The van der Waals surface area contributed by atoms with Gasteiger partial charge in [-0.05, 0) is 43.1 Å². The maximum absolute atomic E-state index is 13.7. The molecule has 1 aromatic rings. The molecule has 1 N–H and O–H groups in total. The molecule has 2 heterocycles. The molecule has 4 amide bonds. The molecular formula is C26H38N4O5. The van der Waals surface area contributed by atoms with Crippen molar-refractivity contribution < 1.29 is 23.9 Å². The van der Waals surface area contributed by atoms with Gasteiger partial charge in [0.15, 0.2) is 0 Å². The van der Waals surface area contributed by atoms with Crippen molar-refractivity contribution in [2.45, 2.75) is 72.1 Å². The minimum Gasteiger partial charge on any atom is -0.420 e. The van der Waals surface area contributed by atoms with Crippen molar-refractivity contribution in [2.75, 3.05) is 19.6 Å². The lowest BCUT2D eigenvalue weighted by molar-refractivity contribution is -0.141. The summed E-state index contributed by atoms with van der Waals surface area (Å²) >= 11 is 0. The van der Waals surface area contributed by atoms with E-state index in [9.17, 15) is 19.2 Å². The van der Waals surface area contributed by atoms with Crippen LogP contribution in [0.15, 0.2) is 30.3 Å². The number of rotatable bonds is 9. The molecule has 1 aromatic carbocycles. The molecule has 0 radical (unpaired) electrons. The van der Waals surface area contributed by atoms with E-state index in [0.29, 0.717) is 19.6 Å². The molecule has 2 atom stereocenters. The Hall–Kier alpha value is -2.94. The number of ketones is 1. The number of Topliss-reactive ketones (excluding diaryl/α,β-unsaturated/α-hetero) is 1. The highest BCUT2D eigenvalue weighted by Crippen LogP contribution is 2.22. The molecule has 0 aromatic heterocycles. The third kappa shape index (κ3) is 7.04. The Bertz CT molecular complexity index is 898. The largest absolute Gasteiger partial charge is 0.426 e. The van der Waals surface area contributed by atoms with Crippen molar-refractivity contribution in [3.8, 4) is 0 Å². The molecule has 2 aliphatic rings. The number of hydrazine groups is 1. The SMILES string of the molecule is CC(C)CC(C(=O)C1NN(CC(C)C)C(=O)O1)N(C(=O)Cc1ccccc1)C(=O)N1CCCCC1. The lowest BCUT2D eigenvalue weighted by atomic mass is 9.97. The predicted molar refractivity (Wildman–Crippen MR) is 131 cm³/mol. The van der Waals surface area contributed by atoms with Gasteiger partial charge in [0.1, 0.15) is 6.04 Å². The number of carbonyl (C=O) groups is 4. The van der Waals surface area contributed by atoms with Gasteiger partial charge >= 0.3 is 12.1 Å². The molecule has 35 heavy (non-hydrogen) atoms. The third-order valence-corrected chi connectivity index (χ3v) is 6.15. The first-order valence-electron chi connectivity index (χ1n) is 12.6. The molecule has 9 nitrogen and oxygen atoms in total. The van der Waals surface area contributed by atoms with Gasteiger partial charge in [-0.15, -0.1) is 0 Å². The normalized spacial score (nSPS) is 19.1. The zero-order valence-corrected chi connectivity index (χ0v) is 21.2. The van der Waals surface area contributed by atoms with E-state index in [2.05, 4.69) is 5.43 Å². The number of hydrogen-bond donors (Lipinski definition) is 1. The number of benzene rings is 1. The summed E-state index contributed by atoms with van der Waals surface area (Å²) in [5, 5.41) is 1.28. The molecule has 0 aliphatic carbocycles. The molecule has 2 aliphatic heterocycles. The van der Waals surface area contributed by atoms with Crippen LogP contribution in [0, 0.1) is 11.8 Å². The van der Waals surface area contributed by atoms with Crippen molar-refractivity contribution in [1.82, 2.24) is 20.2 Å². The van der Waals surface area contributed by atoms with E-state index in [4.69, 9.17) is 4.74 Å². The van der Waals surface area contributed by atoms with Gasteiger partial charge in [-0.3, -0.25) is 14.5 Å². The fraction of sp³-hybridized carbons (Fsp3) is 0.615. The highest BCUT2D eigenvalue weighted by atomic mass is 16.6. The van der Waals surface area contributed by atoms with Crippen LogP contribution in [0.2, 0.25) is 0 Å². The van der Waals surface area contributed by atoms with Crippen LogP contribution in [-0.4, -0.2) is 70.5 Å². The van der Waals surface area contributed by atoms with E-state index >= 15 is 0 Å². The maximum Gasteiger partial charge on any atom is 0.426 e. The Morgan fingerprint density at radius 1 is 1.03 bits per heavy atom. The van der Waals surface area contributed by atoms with Crippen LogP contribution in [0.1, 0.15) is 58.9 Å². The Balaban J connectivity index is 1.90. The average molecular weight is 487 g/mol. The van der Waals surface area contributed by atoms with Crippen LogP contribution >= 0.6 is 0 Å². The van der Waals surface area contributed by atoms with Crippen molar-refractivity contribution in [2.24, 2.45) is 11.8 Å². The van der Waals surface area contributed by atoms with Gasteiger partial charge in [0.25, 0.3) is 0 Å². The molecule has 0 saturated carbocycles. The Kier molecular flexibility index (Phi) is 9.26. The highest BCUT2D eigenvalue weighted by molar-refractivity contribution is 6.02. The van der Waals surface area contributed by atoms with Crippen LogP contribution in [0.25, 0.3) is 0 Å². The maximum atomic E-state index is 13.7. The smallest absolute Gasteiger partial charge is 0.420 e. The second kappa shape index (κ2) is 12.2. The summed E-state index contributed by atoms with van der Waals surface area (Å²) in [5.74, 6) is -0.742. The number of cyclic esters (lactones) is 1. The zero-order chi connectivity index (χ0) is 25.5. The minimum atomic E-state index is -1.24. The number of urea groups is 1. The highest BCUT2D eigenvalue weighted by Gasteiger charge is 2.44. The Morgan fingerprint density at radius 2 is 1.69 bits per heavy atom. The summed E-state index contributed by atoms with van der Waals surface area (Å²) < 4.78 is 5.34. The summed E-state index contributed by atoms with van der Waals surface area (Å²) in [6, 6.07) is 7.68. The van der Waals surface area contributed by atoms with Crippen LogP contribution < -0.4 is 5.43 Å². The summed E-state index contributed by atoms with van der Waals surface area (Å²) in [7, 11) is 0. The van der Waals surface area contributed by atoms with Crippen LogP contribution in [0.5, 0.6) is 0 Å². The number of nitrogens with one attached hydrogen (secondary N) is 1. The van der Waals surface area contributed by atoms with Crippen LogP contribution in [-0.2, 0) is 20.7 Å². The van der Waals surface area contributed by atoms with Crippen LogP contribution in [0.3, 0.4) is 0 Å². The number of imide groups is 1. The summed E-state index contributed by atoms with van der Waals surface area (Å²) in [6.07, 6.45) is 1.15. The number of piperidine rings is 1. The molecule has 192 valence electrons. The first-order chi connectivity index (χ1) is 16.7. The molecular weight excluding hydrogens is 448 g/mol. The monoisotopic (exact) mass is 486 g/mol. The minimum absolute atomic E-state index is 0.000345. The summed E-state index contributed by atoms with van der Waals surface area (Å²) in [5.41, 5.74) is 3.60. The molecule has 2 unspecified atom stereocenters. The van der Waals surface area contributed by atoms with E-state index < -0.39 is 36.1 Å². The molecule has 2 saturated heterocycles. The molecule has 2 fully saturated rings. The quantitative estimate of drug-likeness (QED) is 0.573. The second-order valence-electron chi connectivity index (χ2n) is 10.2. The summed E-state index contributed by atoms with van der Waals surface area (Å²) in [6.45, 7) is 9.25. The molecule has 0 bridgehead atoms. The number of carbonyl (C=O) groups excluding carboxylic acids is 4. The number of hydrogen-bond acceptors (Lipinski definition) is 6. The van der Waals surface area contributed by atoms with E-state index in [-0.39, 0.29) is 24.7 Å². The van der Waals surface area contributed by atoms with Gasteiger partial charge < -0.3 is 9.64 Å². The first kappa shape index (κ1) is 26.7. The first-order valence-corrected chi connectivity index (χ1v) is 12.6. The van der Waals surface area contributed by atoms with Gasteiger partial charge in [0.2, 0.25) is 17.9 Å². The Morgan fingerprint density at radius 3 is 2.29 bits per heavy atom. The average Bonchev–Trinajstić information content (AvgIpc) is 3.18. The fourth-order valence-corrected chi connectivity index (χ4v) is 4.48.